The number of pyridine rings is 1. The van der Waals surface area contributed by atoms with Crippen LogP contribution in [0.25, 0.3) is 5.82 Å². The van der Waals surface area contributed by atoms with Gasteiger partial charge in [0.2, 0.25) is 5.90 Å². The number of carbonyl (C=O) groups excluding carboxylic acids is 1. The molecule has 1 atom stereocenters. The Bertz CT molecular complexity index is 1330. The first-order chi connectivity index (χ1) is 17.1. The van der Waals surface area contributed by atoms with Crippen LogP contribution in [-0.2, 0) is 10.9 Å². The molecule has 1 aliphatic rings. The van der Waals surface area contributed by atoms with Gasteiger partial charge in [0, 0.05) is 12.5 Å². The molecule has 0 saturated heterocycles. The van der Waals surface area contributed by atoms with Gasteiger partial charge in [0.25, 0.3) is 5.91 Å². The summed E-state index contributed by atoms with van der Waals surface area (Å²) in [5.74, 6) is -2.85. The van der Waals surface area contributed by atoms with E-state index in [1.165, 1.54) is 12.1 Å². The molecule has 1 N–H and O–H groups in total. The van der Waals surface area contributed by atoms with Crippen LogP contribution in [0.5, 0.6) is 0 Å². The van der Waals surface area contributed by atoms with Crippen molar-refractivity contribution >= 4 is 17.5 Å². The predicted molar refractivity (Wildman–Crippen MR) is 121 cm³/mol. The molecular formula is C24H20F5N5O2. The molecule has 1 aliphatic heterocycles. The van der Waals surface area contributed by atoms with Gasteiger partial charge in [0.05, 0.1) is 17.9 Å². The van der Waals surface area contributed by atoms with E-state index in [2.05, 4.69) is 20.4 Å². The van der Waals surface area contributed by atoms with Gasteiger partial charge in [-0.1, -0.05) is 13.0 Å². The van der Waals surface area contributed by atoms with E-state index in [9.17, 15) is 26.7 Å². The summed E-state index contributed by atoms with van der Waals surface area (Å²) in [7, 11) is 0. The summed E-state index contributed by atoms with van der Waals surface area (Å²) in [6, 6.07) is 6.04. The smallest absolute Gasteiger partial charge is 0.433 e. The highest BCUT2D eigenvalue weighted by molar-refractivity contribution is 6.04. The normalized spacial score (nSPS) is 17.0. The molecule has 2 aromatic heterocycles. The van der Waals surface area contributed by atoms with Gasteiger partial charge in [0.15, 0.2) is 11.5 Å². The Morgan fingerprint density at radius 2 is 1.94 bits per heavy atom. The summed E-state index contributed by atoms with van der Waals surface area (Å²) in [5, 5.41) is 6.30. The predicted octanol–water partition coefficient (Wildman–Crippen LogP) is 5.67. The van der Waals surface area contributed by atoms with E-state index in [0.29, 0.717) is 23.3 Å². The van der Waals surface area contributed by atoms with Gasteiger partial charge in [-0.2, -0.15) is 18.3 Å². The van der Waals surface area contributed by atoms with Crippen LogP contribution in [0.1, 0.15) is 48.4 Å². The minimum absolute atomic E-state index is 0.0100. The third-order valence-corrected chi connectivity index (χ3v) is 5.39. The number of ether oxygens (including phenoxy) is 1. The first-order valence-electron chi connectivity index (χ1n) is 10.9. The molecule has 7 nitrogen and oxygen atoms in total. The standard InChI is InChI=1S/C24H20F5N5O2/c1-3-13-10-15(4-2)36-23(32-13)18-11-19(24(27,28)29)34(33-18)20-9-8-14(12-30-20)31-22(35)21-16(25)6-5-7-17(21)26/h4-9,11-13H,3,10H2,1-2H3,(H,31,35). The first kappa shape index (κ1) is 25.0. The molecule has 36 heavy (non-hydrogen) atoms. The Balaban J connectivity index is 1.65. The van der Waals surface area contributed by atoms with Gasteiger partial charge >= 0.3 is 6.18 Å². The maximum absolute atomic E-state index is 13.8. The zero-order valence-electron chi connectivity index (χ0n) is 19.1. The lowest BCUT2D eigenvalue weighted by Gasteiger charge is -2.21. The largest absolute Gasteiger partial charge is 0.442 e. The maximum atomic E-state index is 13.8. The Morgan fingerprint density at radius 3 is 2.53 bits per heavy atom. The van der Waals surface area contributed by atoms with E-state index in [-0.39, 0.29) is 29.1 Å². The van der Waals surface area contributed by atoms with Gasteiger partial charge < -0.3 is 10.1 Å². The molecule has 1 aromatic carbocycles. The van der Waals surface area contributed by atoms with E-state index in [1.807, 2.05) is 6.92 Å². The lowest BCUT2D eigenvalue weighted by atomic mass is 10.1. The van der Waals surface area contributed by atoms with Crippen molar-refractivity contribution < 1.29 is 31.5 Å². The quantitative estimate of drug-likeness (QED) is 0.454. The zero-order valence-corrected chi connectivity index (χ0v) is 19.1. The van der Waals surface area contributed by atoms with Crippen molar-refractivity contribution in [1.82, 2.24) is 14.8 Å². The number of allylic oxidation sites excluding steroid dienone is 1. The third kappa shape index (κ3) is 5.11. The van der Waals surface area contributed by atoms with Crippen molar-refractivity contribution in [2.45, 2.75) is 38.9 Å². The zero-order chi connectivity index (χ0) is 26.0. The minimum atomic E-state index is -4.77. The maximum Gasteiger partial charge on any atom is 0.433 e. The lowest BCUT2D eigenvalue weighted by Crippen LogP contribution is -2.21. The second kappa shape index (κ2) is 9.88. The van der Waals surface area contributed by atoms with E-state index in [1.54, 1.807) is 13.0 Å². The highest BCUT2D eigenvalue weighted by Gasteiger charge is 2.38. The number of amides is 1. The summed E-state index contributed by atoms with van der Waals surface area (Å²) in [5.41, 5.74) is -2.01. The SMILES string of the molecule is CC=C1CC(CC)N=C(c2cc(C(F)(F)F)n(-c3ccc(NC(=O)c4c(F)cccc4F)cn3)n2)O1. The molecule has 3 heterocycles. The molecule has 12 heteroatoms. The summed E-state index contributed by atoms with van der Waals surface area (Å²) in [6.45, 7) is 3.67. The number of rotatable bonds is 5. The monoisotopic (exact) mass is 505 g/mol. The van der Waals surface area contributed by atoms with E-state index < -0.39 is 35.0 Å². The molecule has 0 spiro atoms. The molecule has 0 radical (unpaired) electrons. The van der Waals surface area contributed by atoms with Crippen LogP contribution in [0.15, 0.2) is 59.4 Å². The van der Waals surface area contributed by atoms with Crippen LogP contribution >= 0.6 is 0 Å². The van der Waals surface area contributed by atoms with Crippen molar-refractivity contribution in [2.24, 2.45) is 4.99 Å². The summed E-state index contributed by atoms with van der Waals surface area (Å²) < 4.78 is 75.3. The Kier molecular flexibility index (Phi) is 6.86. The van der Waals surface area contributed by atoms with Crippen molar-refractivity contribution in [2.75, 3.05) is 5.32 Å². The van der Waals surface area contributed by atoms with Crippen LogP contribution in [0.4, 0.5) is 27.6 Å². The first-order valence-corrected chi connectivity index (χ1v) is 10.9. The number of alkyl halides is 3. The topological polar surface area (TPSA) is 81.4 Å². The fourth-order valence-electron chi connectivity index (χ4n) is 3.52. The number of carbonyl (C=O) groups is 1. The van der Waals surface area contributed by atoms with Crippen LogP contribution in [0, 0.1) is 11.6 Å². The molecule has 4 rings (SSSR count). The van der Waals surface area contributed by atoms with E-state index in [4.69, 9.17) is 4.74 Å². The van der Waals surface area contributed by atoms with Gasteiger partial charge in [0.1, 0.15) is 28.7 Å². The average molecular weight is 505 g/mol. The number of nitrogens with zero attached hydrogens (tertiary/aromatic N) is 4. The fraction of sp³-hybridized carbons (Fsp3) is 0.250. The van der Waals surface area contributed by atoms with Gasteiger partial charge in [-0.15, -0.1) is 0 Å². The molecule has 0 bridgehead atoms. The second-order valence-corrected chi connectivity index (χ2v) is 7.84. The number of benzene rings is 1. The molecule has 1 unspecified atom stereocenters. The number of aromatic nitrogens is 3. The Hall–Kier alpha value is -4.09. The molecule has 0 aliphatic carbocycles. The Labute approximate surface area is 202 Å². The van der Waals surface area contributed by atoms with Crippen molar-refractivity contribution in [3.63, 3.8) is 0 Å². The number of halogens is 5. The Morgan fingerprint density at radius 1 is 1.22 bits per heavy atom. The van der Waals surface area contributed by atoms with Gasteiger partial charge in [-0.25, -0.2) is 23.4 Å². The van der Waals surface area contributed by atoms with Crippen LogP contribution in [0.2, 0.25) is 0 Å². The van der Waals surface area contributed by atoms with Gasteiger partial charge in [-0.3, -0.25) is 4.79 Å². The van der Waals surface area contributed by atoms with Crippen molar-refractivity contribution in [1.29, 1.82) is 0 Å². The van der Waals surface area contributed by atoms with E-state index >= 15 is 0 Å². The summed E-state index contributed by atoms with van der Waals surface area (Å²) >= 11 is 0. The molecule has 0 fully saturated rings. The summed E-state index contributed by atoms with van der Waals surface area (Å²) in [4.78, 5) is 20.6. The number of nitrogens with one attached hydrogen (secondary N) is 1. The molecule has 0 saturated carbocycles. The third-order valence-electron chi connectivity index (χ3n) is 5.39. The van der Waals surface area contributed by atoms with Crippen molar-refractivity contribution in [3.8, 4) is 5.82 Å². The molecule has 3 aromatic rings. The minimum Gasteiger partial charge on any atom is -0.442 e. The van der Waals surface area contributed by atoms with Crippen LogP contribution < -0.4 is 5.32 Å². The number of aliphatic imine (C=N–C) groups is 1. The highest BCUT2D eigenvalue weighted by atomic mass is 19.4. The summed E-state index contributed by atoms with van der Waals surface area (Å²) in [6.07, 6.45) is -0.795. The number of hydrogen-bond donors (Lipinski definition) is 1. The molecular weight excluding hydrogens is 485 g/mol. The number of hydrogen-bond acceptors (Lipinski definition) is 5. The fourth-order valence-corrected chi connectivity index (χ4v) is 3.52. The molecule has 1 amide bonds. The highest BCUT2D eigenvalue weighted by Crippen LogP contribution is 2.32. The second-order valence-electron chi connectivity index (χ2n) is 7.84. The molecule has 188 valence electrons. The van der Waals surface area contributed by atoms with Crippen LogP contribution in [0.3, 0.4) is 0 Å². The average Bonchev–Trinajstić information content (AvgIpc) is 3.30. The van der Waals surface area contributed by atoms with Crippen LogP contribution in [-0.4, -0.2) is 32.6 Å². The van der Waals surface area contributed by atoms with Crippen molar-refractivity contribution in [3.05, 3.63) is 83.0 Å². The van der Waals surface area contributed by atoms with Gasteiger partial charge in [-0.05, 0) is 43.7 Å². The van der Waals surface area contributed by atoms with E-state index in [0.717, 1.165) is 30.5 Å². The number of anilines is 1. The lowest BCUT2D eigenvalue weighted by molar-refractivity contribution is -0.142.